The summed E-state index contributed by atoms with van der Waals surface area (Å²) >= 11 is 0. The number of nitrogens with one attached hydrogen (secondary N) is 3. The van der Waals surface area contributed by atoms with E-state index in [1.807, 2.05) is 12.1 Å². The molecule has 1 aromatic carbocycles. The molecule has 0 radical (unpaired) electrons. The lowest BCUT2D eigenvalue weighted by Crippen LogP contribution is -2.41. The highest BCUT2D eigenvalue weighted by Crippen LogP contribution is 2.30. The zero-order valence-electron chi connectivity index (χ0n) is 12.7. The molecule has 0 saturated carbocycles. The summed E-state index contributed by atoms with van der Waals surface area (Å²) in [4.78, 5) is 23.6. The van der Waals surface area contributed by atoms with Gasteiger partial charge in [-0.15, -0.1) is 0 Å². The lowest BCUT2D eigenvalue weighted by Gasteiger charge is -2.15. The second-order valence-corrected chi connectivity index (χ2v) is 5.42. The summed E-state index contributed by atoms with van der Waals surface area (Å²) in [6.45, 7) is 0.695. The van der Waals surface area contributed by atoms with Crippen molar-refractivity contribution in [2.24, 2.45) is 0 Å². The maximum Gasteiger partial charge on any atom is 0.315 e. The van der Waals surface area contributed by atoms with Crippen molar-refractivity contribution in [3.63, 3.8) is 0 Å². The van der Waals surface area contributed by atoms with Crippen molar-refractivity contribution >= 4 is 11.9 Å². The van der Waals surface area contributed by atoms with E-state index < -0.39 is 0 Å². The molecule has 0 unspecified atom stereocenters. The smallest absolute Gasteiger partial charge is 0.315 e. The average molecular weight is 313 g/mol. The minimum atomic E-state index is -0.290. The molecule has 1 aliphatic carbocycles. The summed E-state index contributed by atoms with van der Waals surface area (Å²) in [5.41, 5.74) is 2.48. The lowest BCUT2D eigenvalue weighted by molar-refractivity contribution is 0.0926. The molecule has 3 amide bonds. The van der Waals surface area contributed by atoms with Gasteiger partial charge in [0.1, 0.15) is 0 Å². The van der Waals surface area contributed by atoms with Gasteiger partial charge in [0.05, 0.1) is 12.3 Å². The van der Waals surface area contributed by atoms with Gasteiger partial charge in [0.25, 0.3) is 5.91 Å². The third-order valence-electron chi connectivity index (χ3n) is 3.88. The van der Waals surface area contributed by atoms with Gasteiger partial charge in [-0.25, -0.2) is 4.79 Å². The number of amides is 3. The number of urea groups is 1. The molecular weight excluding hydrogens is 294 g/mol. The zero-order chi connectivity index (χ0) is 16.1. The number of carbonyl (C=O) groups is 2. The maximum atomic E-state index is 11.9. The number of furan rings is 1. The first-order valence-electron chi connectivity index (χ1n) is 7.68. The molecule has 0 saturated heterocycles. The fourth-order valence-electron chi connectivity index (χ4n) is 2.76. The Labute approximate surface area is 134 Å². The van der Waals surface area contributed by atoms with Crippen LogP contribution in [0.5, 0.6) is 0 Å². The number of fused-ring (bicyclic) bond motifs is 1. The Morgan fingerprint density at radius 1 is 1.09 bits per heavy atom. The molecule has 1 atom stereocenters. The van der Waals surface area contributed by atoms with Gasteiger partial charge < -0.3 is 20.4 Å². The molecule has 3 N–H and O–H groups in total. The first kappa shape index (κ1) is 15.1. The molecule has 120 valence electrons. The molecule has 1 heterocycles. The molecule has 3 rings (SSSR count). The Hall–Kier alpha value is -2.76. The maximum absolute atomic E-state index is 11.9. The number of hydrogen-bond acceptors (Lipinski definition) is 3. The van der Waals surface area contributed by atoms with E-state index in [9.17, 15) is 9.59 Å². The molecule has 0 bridgehead atoms. The Bertz CT molecular complexity index is 682. The fourth-order valence-corrected chi connectivity index (χ4v) is 2.76. The third-order valence-corrected chi connectivity index (χ3v) is 3.88. The van der Waals surface area contributed by atoms with Gasteiger partial charge in [-0.3, -0.25) is 4.79 Å². The third kappa shape index (κ3) is 3.71. The minimum absolute atomic E-state index is 0.0592. The predicted octanol–water partition coefficient (Wildman–Crippen LogP) is 2.00. The van der Waals surface area contributed by atoms with Crippen molar-refractivity contribution in [3.05, 3.63) is 59.5 Å². The largest absolute Gasteiger partial charge is 0.459 e. The molecule has 0 fully saturated rings. The summed E-state index contributed by atoms with van der Waals surface area (Å²) in [6, 6.07) is 11.2. The lowest BCUT2D eigenvalue weighted by atomic mass is 10.1. The highest BCUT2D eigenvalue weighted by atomic mass is 16.3. The first-order valence-corrected chi connectivity index (χ1v) is 7.68. The van der Waals surface area contributed by atoms with Crippen molar-refractivity contribution < 1.29 is 14.0 Å². The minimum Gasteiger partial charge on any atom is -0.459 e. The molecule has 23 heavy (non-hydrogen) atoms. The molecule has 6 nitrogen and oxygen atoms in total. The van der Waals surface area contributed by atoms with Gasteiger partial charge in [-0.1, -0.05) is 24.3 Å². The van der Waals surface area contributed by atoms with Crippen molar-refractivity contribution in [2.75, 3.05) is 13.1 Å². The van der Waals surface area contributed by atoms with E-state index in [4.69, 9.17) is 4.42 Å². The van der Waals surface area contributed by atoms with Crippen LogP contribution in [0.3, 0.4) is 0 Å². The van der Waals surface area contributed by atoms with Crippen LogP contribution in [-0.2, 0) is 6.42 Å². The van der Waals surface area contributed by atoms with Crippen LogP contribution < -0.4 is 16.0 Å². The summed E-state index contributed by atoms with van der Waals surface area (Å²) in [5, 5.41) is 8.39. The molecule has 6 heteroatoms. The molecular formula is C17H19N3O3. The summed E-state index contributed by atoms with van der Waals surface area (Å²) in [6.07, 6.45) is 3.35. The van der Waals surface area contributed by atoms with Crippen LogP contribution >= 0.6 is 0 Å². The van der Waals surface area contributed by atoms with Gasteiger partial charge in [-0.05, 0) is 36.1 Å². The molecule has 2 aromatic rings. The van der Waals surface area contributed by atoms with Crippen LogP contribution in [0, 0.1) is 0 Å². The van der Waals surface area contributed by atoms with Crippen LogP contribution in [0.25, 0.3) is 0 Å². The first-order chi connectivity index (χ1) is 11.2. The molecule has 1 aromatic heterocycles. The van der Waals surface area contributed by atoms with E-state index in [1.165, 1.54) is 17.4 Å². The van der Waals surface area contributed by atoms with E-state index in [1.54, 1.807) is 12.1 Å². The monoisotopic (exact) mass is 313 g/mol. The molecule has 1 aliphatic rings. The van der Waals surface area contributed by atoms with Crippen molar-refractivity contribution in [1.29, 1.82) is 0 Å². The van der Waals surface area contributed by atoms with Gasteiger partial charge >= 0.3 is 6.03 Å². The van der Waals surface area contributed by atoms with E-state index in [0.29, 0.717) is 13.1 Å². The standard InChI is InChI=1S/C17H19N3O3/c21-16(15-6-3-11-23-15)18-9-10-19-17(22)20-14-8-7-12-4-1-2-5-13(12)14/h1-6,11,14H,7-10H2,(H,18,21)(H2,19,20,22)/t14-/m1/s1. The number of rotatable bonds is 5. The Morgan fingerprint density at radius 2 is 1.91 bits per heavy atom. The van der Waals surface area contributed by atoms with Gasteiger partial charge in [0, 0.05) is 13.1 Å². The zero-order valence-corrected chi connectivity index (χ0v) is 12.7. The topological polar surface area (TPSA) is 83.4 Å². The summed E-state index contributed by atoms with van der Waals surface area (Å²) in [7, 11) is 0. The number of benzene rings is 1. The Morgan fingerprint density at radius 3 is 2.74 bits per heavy atom. The van der Waals surface area contributed by atoms with E-state index in [0.717, 1.165) is 12.8 Å². The molecule has 0 spiro atoms. The van der Waals surface area contributed by atoms with Crippen molar-refractivity contribution in [1.82, 2.24) is 16.0 Å². The quantitative estimate of drug-likeness (QED) is 0.738. The number of carbonyl (C=O) groups excluding carboxylic acids is 2. The SMILES string of the molecule is O=C(NCCNC(=O)c1ccco1)N[C@@H]1CCc2ccccc21. The second kappa shape index (κ2) is 7.00. The van der Waals surface area contributed by atoms with Gasteiger partial charge in [-0.2, -0.15) is 0 Å². The van der Waals surface area contributed by atoms with E-state index in [-0.39, 0.29) is 23.7 Å². The Kier molecular flexibility index (Phi) is 4.61. The van der Waals surface area contributed by atoms with Gasteiger partial charge in [0.2, 0.25) is 0 Å². The highest BCUT2D eigenvalue weighted by Gasteiger charge is 2.23. The fraction of sp³-hybridized carbons (Fsp3) is 0.294. The highest BCUT2D eigenvalue weighted by molar-refractivity contribution is 5.91. The number of hydrogen-bond donors (Lipinski definition) is 3. The Balaban J connectivity index is 1.38. The van der Waals surface area contributed by atoms with Crippen LogP contribution in [0.1, 0.15) is 34.1 Å². The average Bonchev–Trinajstić information content (AvgIpc) is 3.22. The van der Waals surface area contributed by atoms with Crippen molar-refractivity contribution in [2.45, 2.75) is 18.9 Å². The van der Waals surface area contributed by atoms with Crippen LogP contribution in [0.15, 0.2) is 47.1 Å². The van der Waals surface area contributed by atoms with E-state index >= 15 is 0 Å². The van der Waals surface area contributed by atoms with Crippen molar-refractivity contribution in [3.8, 4) is 0 Å². The predicted molar refractivity (Wildman–Crippen MR) is 85.1 cm³/mol. The van der Waals surface area contributed by atoms with Crippen LogP contribution in [0.2, 0.25) is 0 Å². The van der Waals surface area contributed by atoms with E-state index in [2.05, 4.69) is 28.1 Å². The van der Waals surface area contributed by atoms with Crippen LogP contribution in [-0.4, -0.2) is 25.0 Å². The van der Waals surface area contributed by atoms with Crippen LogP contribution in [0.4, 0.5) is 4.79 Å². The number of aryl methyl sites for hydroxylation is 1. The summed E-state index contributed by atoms with van der Waals surface area (Å²) < 4.78 is 4.98. The van der Waals surface area contributed by atoms with Gasteiger partial charge in [0.15, 0.2) is 5.76 Å². The second-order valence-electron chi connectivity index (χ2n) is 5.42. The summed E-state index contributed by atoms with van der Waals surface area (Å²) in [5.74, 6) is -0.0288. The molecule has 0 aliphatic heterocycles. The normalized spacial score (nSPS) is 15.7.